The Hall–Kier alpha value is -1.33. The van der Waals surface area contributed by atoms with Gasteiger partial charge in [0.05, 0.1) is 0 Å². The second-order valence-electron chi connectivity index (χ2n) is 0.848. The van der Waals surface area contributed by atoms with Gasteiger partial charge in [0.25, 0.3) is 0 Å². The summed E-state index contributed by atoms with van der Waals surface area (Å²) in [6.07, 6.45) is -5.50. The predicted octanol–water partition coefficient (Wildman–Crippen LogP) is 2.39. The van der Waals surface area contributed by atoms with Crippen LogP contribution in [0.4, 0.5) is 14.4 Å². The summed E-state index contributed by atoms with van der Waals surface area (Å²) >= 11 is 0. The van der Waals surface area contributed by atoms with Gasteiger partial charge in [-0.15, -0.1) is 0 Å². The molecule has 0 amide bonds. The normalized spacial score (nSPS) is 5.14. The van der Waals surface area contributed by atoms with Gasteiger partial charge in [-0.25, -0.2) is 14.4 Å². The minimum absolute atomic E-state index is 0. The van der Waals surface area contributed by atoms with E-state index in [2.05, 4.69) is 0 Å². The van der Waals surface area contributed by atoms with E-state index in [-0.39, 0.29) is 19.8 Å². The number of hydrogen-bond donors (Lipinski definition) is 6. The molecule has 0 aliphatic rings. The Kier molecular flexibility index (Phi) is 47.3. The lowest BCUT2D eigenvalue weighted by atomic mass is 11.5. The molecule has 6 N–H and O–H groups in total. The molecule has 0 aliphatic carbocycles. The molecule has 0 spiro atoms. The summed E-state index contributed by atoms with van der Waals surface area (Å²) in [6.45, 7) is 0. The standard InChI is InChI=1S/3CH2O3.2P/c3*2-1(3)4;;/h3*(H2,2,3,4);;. The van der Waals surface area contributed by atoms with Crippen LogP contribution < -0.4 is 0 Å². The Morgan fingerprint density at radius 2 is 0.500 bits per heavy atom. The molecule has 0 aromatic rings. The van der Waals surface area contributed by atoms with E-state index in [0.717, 1.165) is 0 Å². The minimum Gasteiger partial charge on any atom is -0.450 e. The maximum atomic E-state index is 8.56. The topological polar surface area (TPSA) is 173 Å². The molecule has 82 valence electrons. The van der Waals surface area contributed by atoms with Gasteiger partial charge in [0.1, 0.15) is 0 Å². The lowest BCUT2D eigenvalue weighted by molar-refractivity contribution is 0.135. The van der Waals surface area contributed by atoms with Gasteiger partial charge in [-0.05, 0) is 0 Å². The summed E-state index contributed by atoms with van der Waals surface area (Å²) in [5, 5.41) is 41.8. The van der Waals surface area contributed by atoms with Crippen molar-refractivity contribution >= 4 is 38.3 Å². The number of rotatable bonds is 0. The van der Waals surface area contributed by atoms with Crippen molar-refractivity contribution in [3.05, 3.63) is 0 Å². The first kappa shape index (κ1) is 29.3. The van der Waals surface area contributed by atoms with Gasteiger partial charge >= 0.3 is 18.5 Å². The van der Waals surface area contributed by atoms with Crippen LogP contribution in [0.15, 0.2) is 0 Å². The maximum Gasteiger partial charge on any atom is 0.503 e. The van der Waals surface area contributed by atoms with Crippen LogP contribution in [0.1, 0.15) is 0 Å². The fourth-order valence-electron chi connectivity index (χ4n) is 0. The van der Waals surface area contributed by atoms with Crippen LogP contribution in [-0.4, -0.2) is 49.1 Å². The molecule has 9 nitrogen and oxygen atoms in total. The van der Waals surface area contributed by atoms with Crippen LogP contribution in [-0.2, 0) is 0 Å². The molecule has 0 atom stereocenters. The van der Waals surface area contributed by atoms with Gasteiger partial charge in [-0.1, -0.05) is 0 Å². The Balaban J connectivity index is -0.0000000270. The zero-order valence-corrected chi connectivity index (χ0v) is 8.09. The highest BCUT2D eigenvalue weighted by Gasteiger charge is 1.70. The fourth-order valence-corrected chi connectivity index (χ4v) is 0. The number of carbonyl (C=O) groups is 3. The van der Waals surface area contributed by atoms with Crippen LogP contribution in [0.25, 0.3) is 0 Å². The molecule has 0 saturated heterocycles. The highest BCUT2D eigenvalue weighted by atomic mass is 31.0. The van der Waals surface area contributed by atoms with E-state index in [4.69, 9.17) is 45.0 Å². The van der Waals surface area contributed by atoms with E-state index in [0.29, 0.717) is 0 Å². The molecule has 0 saturated carbocycles. The highest BCUT2D eigenvalue weighted by Crippen LogP contribution is 1.43. The van der Waals surface area contributed by atoms with Gasteiger partial charge in [0, 0.05) is 19.8 Å². The van der Waals surface area contributed by atoms with Crippen LogP contribution >= 0.6 is 19.8 Å². The van der Waals surface area contributed by atoms with Gasteiger partial charge in [0.2, 0.25) is 0 Å². The van der Waals surface area contributed by atoms with Crippen molar-refractivity contribution in [3.63, 3.8) is 0 Å². The molecule has 6 radical (unpaired) electrons. The molecular formula is C3H6O9P2. The number of hydrogen-bond acceptors (Lipinski definition) is 3. The lowest BCUT2D eigenvalue weighted by Gasteiger charge is -1.60. The van der Waals surface area contributed by atoms with Crippen LogP contribution in [0.2, 0.25) is 0 Å². The summed E-state index contributed by atoms with van der Waals surface area (Å²) in [4.78, 5) is 25.7. The molecule has 0 rings (SSSR count). The van der Waals surface area contributed by atoms with Crippen molar-refractivity contribution < 1.29 is 45.0 Å². The Morgan fingerprint density at radius 1 is 0.500 bits per heavy atom. The number of carboxylic acid groups (broad SMARTS) is 6. The largest absolute Gasteiger partial charge is 0.503 e. The summed E-state index contributed by atoms with van der Waals surface area (Å²) in [7, 11) is 0. The SMILES string of the molecule is O=C(O)O.O=C(O)O.O=C(O)O.[P].[P]. The third kappa shape index (κ3) is 564. The van der Waals surface area contributed by atoms with E-state index in [9.17, 15) is 0 Å². The Morgan fingerprint density at radius 3 is 0.500 bits per heavy atom. The van der Waals surface area contributed by atoms with Gasteiger partial charge in [-0.3, -0.25) is 0 Å². The van der Waals surface area contributed by atoms with Crippen molar-refractivity contribution in [1.82, 2.24) is 0 Å². The molecule has 0 aromatic carbocycles. The molecule has 0 unspecified atom stereocenters. The van der Waals surface area contributed by atoms with Crippen molar-refractivity contribution in [2.24, 2.45) is 0 Å². The average Bonchev–Trinajstić information content (AvgIpc) is 1.54. The van der Waals surface area contributed by atoms with E-state index in [1.54, 1.807) is 0 Å². The minimum atomic E-state index is -1.83. The first-order valence-corrected chi connectivity index (χ1v) is 1.95. The highest BCUT2D eigenvalue weighted by molar-refractivity contribution is 6.92. The molecular weight excluding hydrogens is 242 g/mol. The second kappa shape index (κ2) is 22.6. The molecule has 14 heavy (non-hydrogen) atoms. The third-order valence-electron chi connectivity index (χ3n) is 0. The summed E-state index contributed by atoms with van der Waals surface area (Å²) in [5.41, 5.74) is 0. The van der Waals surface area contributed by atoms with Gasteiger partial charge in [0.15, 0.2) is 0 Å². The lowest BCUT2D eigenvalue weighted by Crippen LogP contribution is -1.81. The summed E-state index contributed by atoms with van der Waals surface area (Å²) in [6, 6.07) is 0. The first-order chi connectivity index (χ1) is 5.20. The smallest absolute Gasteiger partial charge is 0.450 e. The first-order valence-electron chi connectivity index (χ1n) is 1.95. The fraction of sp³-hybridized carbons (Fsp3) is 0. The van der Waals surface area contributed by atoms with Gasteiger partial charge in [-0.2, -0.15) is 0 Å². The molecule has 0 bridgehead atoms. The average molecular weight is 248 g/mol. The summed E-state index contributed by atoms with van der Waals surface area (Å²) < 4.78 is 0. The zero-order chi connectivity index (χ0) is 10.7. The van der Waals surface area contributed by atoms with Crippen LogP contribution in [0.3, 0.4) is 0 Å². The van der Waals surface area contributed by atoms with Crippen LogP contribution in [0.5, 0.6) is 0 Å². The summed E-state index contributed by atoms with van der Waals surface area (Å²) in [5.74, 6) is 0. The third-order valence-corrected chi connectivity index (χ3v) is 0. The van der Waals surface area contributed by atoms with E-state index < -0.39 is 18.5 Å². The van der Waals surface area contributed by atoms with Crippen molar-refractivity contribution in [2.75, 3.05) is 0 Å². The van der Waals surface area contributed by atoms with Crippen LogP contribution in [0, 0.1) is 0 Å². The predicted molar refractivity (Wildman–Crippen MR) is 45.8 cm³/mol. The zero-order valence-electron chi connectivity index (χ0n) is 6.30. The quantitative estimate of drug-likeness (QED) is 0.351. The molecule has 11 heteroatoms. The van der Waals surface area contributed by atoms with E-state index in [1.807, 2.05) is 0 Å². The molecule has 0 aliphatic heterocycles. The monoisotopic (exact) mass is 248 g/mol. The Bertz CT molecular complexity index is 116. The van der Waals surface area contributed by atoms with E-state index in [1.165, 1.54) is 0 Å². The molecule has 0 heterocycles. The van der Waals surface area contributed by atoms with Crippen molar-refractivity contribution in [1.29, 1.82) is 0 Å². The van der Waals surface area contributed by atoms with Crippen molar-refractivity contribution in [3.8, 4) is 0 Å². The maximum absolute atomic E-state index is 8.56. The Labute approximate surface area is 84.2 Å². The molecule has 0 aromatic heterocycles. The van der Waals surface area contributed by atoms with Gasteiger partial charge < -0.3 is 30.6 Å². The van der Waals surface area contributed by atoms with E-state index >= 15 is 0 Å². The van der Waals surface area contributed by atoms with Crippen molar-refractivity contribution in [2.45, 2.75) is 0 Å². The molecule has 0 fully saturated rings. The second-order valence-corrected chi connectivity index (χ2v) is 0.848.